The molecule has 1 aromatic carbocycles. The Kier molecular flexibility index (Phi) is 6.99. The van der Waals surface area contributed by atoms with Crippen LogP contribution in [0.4, 0.5) is 0 Å². The lowest BCUT2D eigenvalue weighted by Gasteiger charge is -2.31. The fourth-order valence-corrected chi connectivity index (χ4v) is 5.10. The third kappa shape index (κ3) is 4.96. The average Bonchev–Trinajstić information content (AvgIpc) is 3.15. The number of carbonyl (C=O) groups is 2. The monoisotopic (exact) mass is 475 g/mol. The first-order valence-electron chi connectivity index (χ1n) is 11.0. The van der Waals surface area contributed by atoms with E-state index in [0.717, 1.165) is 5.56 Å². The van der Waals surface area contributed by atoms with E-state index >= 15 is 0 Å². The highest BCUT2D eigenvalue weighted by Gasteiger charge is 2.37. The van der Waals surface area contributed by atoms with Crippen molar-refractivity contribution in [2.24, 2.45) is 5.41 Å². The second kappa shape index (κ2) is 9.26. The molecule has 2 N–H and O–H groups in total. The van der Waals surface area contributed by atoms with Crippen molar-refractivity contribution >= 4 is 21.8 Å². The van der Waals surface area contributed by atoms with E-state index in [1.165, 1.54) is 11.4 Å². The number of nitrogens with one attached hydrogen (secondary N) is 2. The Morgan fingerprint density at radius 3 is 2.27 bits per heavy atom. The second-order valence-electron chi connectivity index (χ2n) is 9.56. The van der Waals surface area contributed by atoms with Gasteiger partial charge in [-0.25, -0.2) is 13.4 Å². The van der Waals surface area contributed by atoms with Crippen LogP contribution in [-0.2, 0) is 27.9 Å². The summed E-state index contributed by atoms with van der Waals surface area (Å²) in [6, 6.07) is 8.68. The molecule has 0 unspecified atom stereocenters. The molecule has 1 aliphatic rings. The number of imidazole rings is 1. The van der Waals surface area contributed by atoms with Gasteiger partial charge < -0.3 is 15.2 Å². The first kappa shape index (κ1) is 24.9. The van der Waals surface area contributed by atoms with E-state index in [1.54, 1.807) is 13.8 Å². The van der Waals surface area contributed by atoms with E-state index in [-0.39, 0.29) is 18.1 Å². The normalized spacial score (nSPS) is 15.7. The minimum Gasteiger partial charge on any atom is -0.357 e. The van der Waals surface area contributed by atoms with Gasteiger partial charge in [0.1, 0.15) is 11.9 Å². The second-order valence-corrected chi connectivity index (χ2v) is 12.1. The molecule has 0 radical (unpaired) electrons. The molecule has 2 aromatic rings. The molecule has 2 heterocycles. The maximum absolute atomic E-state index is 13.4. The number of carbonyl (C=O) groups excluding carboxylic acids is 2. The minimum atomic E-state index is -3.51. The molecule has 0 fully saturated rings. The van der Waals surface area contributed by atoms with E-state index in [2.05, 4.69) is 15.6 Å². The lowest BCUT2D eigenvalue weighted by molar-refractivity contribution is -0.124. The Labute approximate surface area is 195 Å². The summed E-state index contributed by atoms with van der Waals surface area (Å²) in [5.41, 5.74) is 0.948. The highest BCUT2D eigenvalue weighted by Crippen LogP contribution is 2.29. The van der Waals surface area contributed by atoms with Crippen LogP contribution in [0.25, 0.3) is 11.4 Å². The summed E-state index contributed by atoms with van der Waals surface area (Å²) in [7, 11) is -1.99. The van der Waals surface area contributed by atoms with Crippen LogP contribution >= 0.6 is 0 Å². The largest absolute Gasteiger partial charge is 0.357 e. The van der Waals surface area contributed by atoms with Crippen LogP contribution in [-0.4, -0.2) is 59.0 Å². The highest BCUT2D eigenvalue weighted by atomic mass is 32.2. The third-order valence-electron chi connectivity index (χ3n) is 5.82. The highest BCUT2D eigenvalue weighted by molar-refractivity contribution is 7.89. The van der Waals surface area contributed by atoms with E-state index in [9.17, 15) is 18.0 Å². The summed E-state index contributed by atoms with van der Waals surface area (Å²) in [6.07, 6.45) is 0. The van der Waals surface area contributed by atoms with Gasteiger partial charge in [0.2, 0.25) is 15.9 Å². The number of amides is 2. The summed E-state index contributed by atoms with van der Waals surface area (Å²) in [4.78, 5) is 30.5. The van der Waals surface area contributed by atoms with Crippen molar-refractivity contribution in [3.8, 4) is 11.4 Å². The van der Waals surface area contributed by atoms with Gasteiger partial charge >= 0.3 is 0 Å². The number of hydrogen-bond acceptors (Lipinski definition) is 5. The molecule has 10 heteroatoms. The number of benzene rings is 1. The molecule has 33 heavy (non-hydrogen) atoms. The molecule has 0 spiro atoms. The number of nitrogens with zero attached hydrogens (tertiary/aromatic N) is 3. The van der Waals surface area contributed by atoms with Crippen molar-refractivity contribution < 1.29 is 18.0 Å². The van der Waals surface area contributed by atoms with Crippen LogP contribution in [0.15, 0.2) is 30.3 Å². The van der Waals surface area contributed by atoms with Gasteiger partial charge in [-0.05, 0) is 19.3 Å². The van der Waals surface area contributed by atoms with Crippen LogP contribution in [0, 0.1) is 5.41 Å². The van der Waals surface area contributed by atoms with E-state index < -0.39 is 32.6 Å². The fourth-order valence-electron chi connectivity index (χ4n) is 3.87. The molecular weight excluding hydrogens is 442 g/mol. The number of hydrogen-bond donors (Lipinski definition) is 2. The van der Waals surface area contributed by atoms with Crippen molar-refractivity contribution in [2.75, 3.05) is 13.6 Å². The summed E-state index contributed by atoms with van der Waals surface area (Å²) in [5.74, 6) is -0.214. The van der Waals surface area contributed by atoms with Gasteiger partial charge in [0, 0.05) is 25.7 Å². The number of likely N-dealkylation sites (N-methyl/N-ethyl adjacent to an activating group) is 1. The van der Waals surface area contributed by atoms with Crippen LogP contribution in [0.2, 0.25) is 0 Å². The van der Waals surface area contributed by atoms with Gasteiger partial charge in [0.05, 0.1) is 17.5 Å². The first-order valence-corrected chi connectivity index (χ1v) is 12.5. The quantitative estimate of drug-likeness (QED) is 0.663. The molecular formula is C23H33N5O4S. The Balaban J connectivity index is 2.07. The molecule has 2 amide bonds. The molecule has 9 nitrogen and oxygen atoms in total. The molecule has 0 aliphatic carbocycles. The van der Waals surface area contributed by atoms with Gasteiger partial charge in [-0.3, -0.25) is 9.59 Å². The van der Waals surface area contributed by atoms with Gasteiger partial charge in [-0.2, -0.15) is 4.31 Å². The van der Waals surface area contributed by atoms with Crippen molar-refractivity contribution in [3.05, 3.63) is 41.7 Å². The molecule has 0 saturated heterocycles. The third-order valence-corrected chi connectivity index (χ3v) is 8.05. The predicted octanol–water partition coefficient (Wildman–Crippen LogP) is 1.99. The number of rotatable bonds is 6. The van der Waals surface area contributed by atoms with Crippen molar-refractivity contribution in [2.45, 2.75) is 59.0 Å². The van der Waals surface area contributed by atoms with E-state index in [1.807, 2.05) is 55.7 Å². The van der Waals surface area contributed by atoms with Crippen molar-refractivity contribution in [1.82, 2.24) is 24.5 Å². The number of fused-ring (bicyclic) bond motifs is 1. The molecule has 180 valence electrons. The van der Waals surface area contributed by atoms with Crippen LogP contribution in [0.5, 0.6) is 0 Å². The van der Waals surface area contributed by atoms with Gasteiger partial charge in [-0.15, -0.1) is 0 Å². The number of sulfonamides is 1. The Hall–Kier alpha value is -2.72. The molecule has 1 aliphatic heterocycles. The van der Waals surface area contributed by atoms with Gasteiger partial charge in [0.15, 0.2) is 5.69 Å². The van der Waals surface area contributed by atoms with Crippen molar-refractivity contribution in [3.63, 3.8) is 0 Å². The maximum atomic E-state index is 13.4. The Morgan fingerprint density at radius 1 is 1.09 bits per heavy atom. The smallest absolute Gasteiger partial charge is 0.272 e. The number of aromatic nitrogens is 2. The molecule has 0 saturated carbocycles. The summed E-state index contributed by atoms with van der Waals surface area (Å²) in [6.45, 7) is 9.59. The molecule has 0 bridgehead atoms. The average molecular weight is 476 g/mol. The summed E-state index contributed by atoms with van der Waals surface area (Å²) in [5, 5.41) is 4.84. The lowest BCUT2D eigenvalue weighted by Crippen LogP contribution is -2.53. The van der Waals surface area contributed by atoms with Crippen molar-refractivity contribution in [1.29, 1.82) is 0 Å². The van der Waals surface area contributed by atoms with Crippen LogP contribution in [0.1, 0.15) is 50.8 Å². The van der Waals surface area contributed by atoms with Crippen LogP contribution in [0.3, 0.4) is 0 Å². The molecule has 1 aromatic heterocycles. The summed E-state index contributed by atoms with van der Waals surface area (Å²) < 4.78 is 29.0. The van der Waals surface area contributed by atoms with E-state index in [4.69, 9.17) is 0 Å². The zero-order valence-electron chi connectivity index (χ0n) is 20.0. The van der Waals surface area contributed by atoms with E-state index in [0.29, 0.717) is 24.6 Å². The minimum absolute atomic E-state index is 0.0449. The lowest BCUT2D eigenvalue weighted by atomic mass is 9.86. The topological polar surface area (TPSA) is 113 Å². The predicted molar refractivity (Wildman–Crippen MR) is 127 cm³/mol. The standard InChI is InChI=1S/C23H33N5O4S/c1-15(2)33(31,32)27-12-13-28-17(14-27)18(25-20(28)16-10-8-7-9-11-16)21(29)26-19(22(30)24-6)23(3,4)5/h7-11,15,19H,12-14H2,1-6H3,(H,24,30)(H,26,29)/t19-/m1/s1. The first-order chi connectivity index (χ1) is 15.4. The zero-order chi connectivity index (χ0) is 24.6. The zero-order valence-corrected chi connectivity index (χ0v) is 20.9. The Bertz CT molecular complexity index is 1130. The van der Waals surface area contributed by atoms with Gasteiger partial charge in [-0.1, -0.05) is 51.1 Å². The molecule has 3 rings (SSSR count). The van der Waals surface area contributed by atoms with Crippen LogP contribution < -0.4 is 10.6 Å². The fraction of sp³-hybridized carbons (Fsp3) is 0.522. The SMILES string of the molecule is CNC(=O)[C@@H](NC(=O)c1nc(-c2ccccc2)n2c1CN(S(=O)(=O)C(C)C)CC2)C(C)(C)C. The molecule has 1 atom stereocenters. The van der Waals surface area contributed by atoms with Gasteiger partial charge in [0.25, 0.3) is 5.91 Å². The maximum Gasteiger partial charge on any atom is 0.272 e. The Morgan fingerprint density at radius 2 is 1.73 bits per heavy atom. The summed E-state index contributed by atoms with van der Waals surface area (Å²) >= 11 is 0.